The molecule has 2 nitrogen and oxygen atoms in total. The number of methoxy groups -OCH3 is 1. The van der Waals surface area contributed by atoms with Crippen molar-refractivity contribution in [1.82, 2.24) is 0 Å². The molecule has 0 unspecified atom stereocenters. The molecule has 2 rings (SSSR count). The Labute approximate surface area is 130 Å². The second-order valence-corrected chi connectivity index (χ2v) is 4.25. The van der Waals surface area contributed by atoms with E-state index in [1.165, 1.54) is 10.9 Å². The number of carbonyl (C=O) groups excluding carboxylic acids is 1. The molecule has 3 heteroatoms. The molecule has 0 saturated heterocycles. The molecule has 0 atom stereocenters. The molecule has 0 amide bonds. The number of Topliss-reactive ketones (excluding diaryl/α,β-unsaturated/α-hetero) is 1. The topological polar surface area (TPSA) is 26.3 Å². The molecule has 0 aliphatic heterocycles. The van der Waals surface area contributed by atoms with Gasteiger partial charge in [0.15, 0.2) is 0 Å². The van der Waals surface area contributed by atoms with Gasteiger partial charge in [-0.05, 0) is 41.8 Å². The fourth-order valence-electron chi connectivity index (χ4n) is 1.88. The van der Waals surface area contributed by atoms with Gasteiger partial charge in [-0.1, -0.05) is 24.3 Å². The number of ketones is 1. The van der Waals surface area contributed by atoms with E-state index in [1.54, 1.807) is 14.0 Å². The van der Waals surface area contributed by atoms with E-state index in [1.807, 2.05) is 18.2 Å². The third kappa shape index (κ3) is 3.84. The van der Waals surface area contributed by atoms with Crippen LogP contribution in [0.1, 0.15) is 18.9 Å². The molecule has 0 fully saturated rings. The van der Waals surface area contributed by atoms with Gasteiger partial charge in [-0.25, -0.2) is 0 Å². The fraction of sp³-hybridized carbons (Fsp3) is 0.267. The molecule has 90 valence electrons. The first-order valence-corrected chi connectivity index (χ1v) is 5.75. The van der Waals surface area contributed by atoms with Crippen LogP contribution in [0.15, 0.2) is 36.4 Å². The van der Waals surface area contributed by atoms with E-state index in [2.05, 4.69) is 18.2 Å². The van der Waals surface area contributed by atoms with Gasteiger partial charge in [-0.2, -0.15) is 0 Å². The minimum absolute atomic E-state index is 0. The summed E-state index contributed by atoms with van der Waals surface area (Å²) in [5.74, 6) is 1.11. The summed E-state index contributed by atoms with van der Waals surface area (Å²) >= 11 is 0. The number of aryl methyl sites for hydroxylation is 1. The molecule has 0 saturated carbocycles. The van der Waals surface area contributed by atoms with Crippen LogP contribution in [0.25, 0.3) is 10.8 Å². The Morgan fingerprint density at radius 1 is 1.11 bits per heavy atom. The third-order valence-corrected chi connectivity index (χ3v) is 2.88. The molecule has 0 N–H and O–H groups in total. The summed E-state index contributed by atoms with van der Waals surface area (Å²) in [7, 11) is 1.67. The van der Waals surface area contributed by atoms with Crippen LogP contribution in [0.2, 0.25) is 0 Å². The summed E-state index contributed by atoms with van der Waals surface area (Å²) < 4.78 is 5.19. The van der Waals surface area contributed by atoms with Crippen LogP contribution in [-0.2, 0) is 11.2 Å². The van der Waals surface area contributed by atoms with E-state index in [0.29, 0.717) is 6.42 Å². The monoisotopic (exact) mass is 252 g/mol. The molecule has 0 aromatic heterocycles. The predicted molar refractivity (Wildman–Crippen MR) is 76.7 cm³/mol. The van der Waals surface area contributed by atoms with E-state index < -0.39 is 0 Å². The van der Waals surface area contributed by atoms with Gasteiger partial charge in [-0.3, -0.25) is 0 Å². The van der Waals surface area contributed by atoms with E-state index in [0.717, 1.165) is 17.6 Å². The van der Waals surface area contributed by atoms with Crippen LogP contribution in [-0.4, -0.2) is 42.5 Å². The van der Waals surface area contributed by atoms with Crippen LogP contribution in [0.3, 0.4) is 0 Å². The zero-order chi connectivity index (χ0) is 12.3. The molecule has 2 aromatic carbocycles. The number of fused-ring (bicyclic) bond motifs is 1. The van der Waals surface area contributed by atoms with Crippen LogP contribution in [0.5, 0.6) is 5.75 Å². The summed E-state index contributed by atoms with van der Waals surface area (Å²) in [4.78, 5) is 10.9. The molecule has 2 aromatic rings. The number of benzene rings is 2. The van der Waals surface area contributed by atoms with Crippen molar-refractivity contribution in [2.45, 2.75) is 19.8 Å². The van der Waals surface area contributed by atoms with Gasteiger partial charge < -0.3 is 9.53 Å². The minimum atomic E-state index is 0. The average Bonchev–Trinajstić information content (AvgIpc) is 2.35. The van der Waals surface area contributed by atoms with Gasteiger partial charge in [0.25, 0.3) is 0 Å². The standard InChI is InChI=1S/C15H16O2.Na.H/c1-11(16)3-4-12-5-6-14-10-15(17-2)8-7-13(14)9-12;;/h5-10H,3-4H2,1-2H3;;. The number of hydrogen-bond donors (Lipinski definition) is 0. The third-order valence-electron chi connectivity index (χ3n) is 2.88. The fourth-order valence-corrected chi connectivity index (χ4v) is 1.88. The first kappa shape index (κ1) is 15.2. The van der Waals surface area contributed by atoms with Crippen LogP contribution >= 0.6 is 0 Å². The molecule has 0 aliphatic rings. The second-order valence-electron chi connectivity index (χ2n) is 4.25. The van der Waals surface area contributed by atoms with Crippen molar-refractivity contribution in [3.05, 3.63) is 42.0 Å². The van der Waals surface area contributed by atoms with Crippen LogP contribution in [0.4, 0.5) is 0 Å². The average molecular weight is 252 g/mol. The molecular weight excluding hydrogens is 235 g/mol. The quantitative estimate of drug-likeness (QED) is 0.782. The number of carbonyl (C=O) groups is 1. The van der Waals surface area contributed by atoms with E-state index >= 15 is 0 Å². The normalized spacial score (nSPS) is 9.89. The molecule has 18 heavy (non-hydrogen) atoms. The van der Waals surface area contributed by atoms with Crippen molar-refractivity contribution in [2.24, 2.45) is 0 Å². The van der Waals surface area contributed by atoms with E-state index in [9.17, 15) is 4.79 Å². The first-order chi connectivity index (χ1) is 8.19. The summed E-state index contributed by atoms with van der Waals surface area (Å²) in [6.07, 6.45) is 1.43. The van der Waals surface area contributed by atoms with Crippen molar-refractivity contribution in [1.29, 1.82) is 0 Å². The van der Waals surface area contributed by atoms with E-state index in [-0.39, 0.29) is 35.3 Å². The Bertz CT molecular complexity index is 549. The second kappa shape index (κ2) is 6.93. The van der Waals surface area contributed by atoms with Gasteiger partial charge in [0.1, 0.15) is 11.5 Å². The first-order valence-electron chi connectivity index (χ1n) is 5.75. The Morgan fingerprint density at radius 2 is 1.78 bits per heavy atom. The van der Waals surface area contributed by atoms with Gasteiger partial charge in [0, 0.05) is 6.42 Å². The summed E-state index contributed by atoms with van der Waals surface area (Å²) in [6.45, 7) is 1.63. The Balaban J connectivity index is 0.00000162. The number of rotatable bonds is 4. The zero-order valence-corrected chi connectivity index (χ0v) is 10.2. The van der Waals surface area contributed by atoms with Gasteiger partial charge in [0.05, 0.1) is 7.11 Å². The van der Waals surface area contributed by atoms with Gasteiger partial charge in [0.2, 0.25) is 0 Å². The molecule has 0 radical (unpaired) electrons. The Morgan fingerprint density at radius 3 is 2.44 bits per heavy atom. The summed E-state index contributed by atoms with van der Waals surface area (Å²) in [5, 5.41) is 2.35. The predicted octanol–water partition coefficient (Wildman–Crippen LogP) is 2.72. The number of hydrogen-bond acceptors (Lipinski definition) is 2. The van der Waals surface area contributed by atoms with Crippen molar-refractivity contribution in [3.63, 3.8) is 0 Å². The van der Waals surface area contributed by atoms with Gasteiger partial charge in [-0.15, -0.1) is 0 Å². The van der Waals surface area contributed by atoms with Crippen LogP contribution < -0.4 is 4.74 Å². The maximum absolute atomic E-state index is 10.9. The molecular formula is C15H17NaO2. The zero-order valence-electron chi connectivity index (χ0n) is 10.2. The van der Waals surface area contributed by atoms with Crippen molar-refractivity contribution < 1.29 is 9.53 Å². The van der Waals surface area contributed by atoms with Gasteiger partial charge >= 0.3 is 29.6 Å². The Kier molecular flexibility index (Phi) is 5.86. The van der Waals surface area contributed by atoms with E-state index in [4.69, 9.17) is 4.74 Å². The van der Waals surface area contributed by atoms with Crippen LogP contribution in [0, 0.1) is 0 Å². The summed E-state index contributed by atoms with van der Waals surface area (Å²) in [6, 6.07) is 12.3. The Hall–Kier alpha value is -0.830. The van der Waals surface area contributed by atoms with Crippen molar-refractivity contribution >= 4 is 46.1 Å². The van der Waals surface area contributed by atoms with Crippen molar-refractivity contribution in [3.8, 4) is 5.75 Å². The SMILES string of the molecule is COc1ccc2cc(CCC(C)=O)ccc2c1.[NaH]. The molecule has 0 heterocycles. The molecule has 0 bridgehead atoms. The van der Waals surface area contributed by atoms with Crippen molar-refractivity contribution in [2.75, 3.05) is 7.11 Å². The molecule has 0 aliphatic carbocycles. The molecule has 0 spiro atoms. The number of ether oxygens (including phenoxy) is 1. The summed E-state index contributed by atoms with van der Waals surface area (Å²) in [5.41, 5.74) is 1.21. The maximum atomic E-state index is 10.9.